The van der Waals surface area contributed by atoms with E-state index in [2.05, 4.69) is 0 Å². The van der Waals surface area contributed by atoms with Crippen LogP contribution in [0.3, 0.4) is 0 Å². The van der Waals surface area contributed by atoms with Crippen molar-refractivity contribution in [3.05, 3.63) is 98.1 Å². The van der Waals surface area contributed by atoms with Crippen LogP contribution in [-0.4, -0.2) is 47.8 Å². The predicted molar refractivity (Wildman–Crippen MR) is 145 cm³/mol. The van der Waals surface area contributed by atoms with Crippen molar-refractivity contribution in [3.8, 4) is 0 Å². The van der Waals surface area contributed by atoms with Crippen LogP contribution < -0.4 is 0 Å². The number of hydrogen-bond acceptors (Lipinski definition) is 8. The quantitative estimate of drug-likeness (QED) is 0.228. The molecule has 0 saturated carbocycles. The van der Waals surface area contributed by atoms with Crippen molar-refractivity contribution in [2.75, 3.05) is 26.9 Å². The molecule has 0 amide bonds. The molecule has 2 aliphatic rings. The summed E-state index contributed by atoms with van der Waals surface area (Å²) in [5.74, 6) is -2.33. The molecule has 39 heavy (non-hydrogen) atoms. The van der Waals surface area contributed by atoms with E-state index in [1.54, 1.807) is 31.9 Å². The number of hydrogen-bond donors (Lipinski definition) is 1. The fourth-order valence-corrected chi connectivity index (χ4v) is 7.53. The second-order valence-corrected chi connectivity index (χ2v) is 12.5. The summed E-state index contributed by atoms with van der Waals surface area (Å²) in [6, 6.07) is 15.2. The normalized spacial score (nSPS) is 21.6. The van der Waals surface area contributed by atoms with Crippen LogP contribution in [-0.2, 0) is 23.1 Å². The number of ether oxygens (including phenoxy) is 1. The van der Waals surface area contributed by atoms with E-state index >= 15 is 0 Å². The zero-order chi connectivity index (χ0) is 28.5. The minimum Gasteiger partial charge on any atom is -0.478 e. The molecule has 0 unspecified atom stereocenters. The Morgan fingerprint density at radius 2 is 1.79 bits per heavy atom. The van der Waals surface area contributed by atoms with Gasteiger partial charge in [-0.25, -0.2) is 4.79 Å². The van der Waals surface area contributed by atoms with E-state index in [0.29, 0.717) is 17.0 Å². The smallest absolute Gasteiger partial charge is 0.360 e. The first kappa shape index (κ1) is 28.7. The highest BCUT2D eigenvalue weighted by atomic mass is 31.2. The minimum atomic E-state index is -4.02. The summed E-state index contributed by atoms with van der Waals surface area (Å²) in [6.45, 7) is 7.75. The molecular formula is C28H33N2O8P. The second kappa shape index (κ2) is 11.1. The van der Waals surface area contributed by atoms with Crippen LogP contribution >= 0.6 is 7.60 Å². The number of carboxylic acid groups (broad SMARTS) is 1. The van der Waals surface area contributed by atoms with Gasteiger partial charge in [0.1, 0.15) is 0 Å². The molecule has 4 rings (SSSR count). The fourth-order valence-electron chi connectivity index (χ4n) is 5.03. The summed E-state index contributed by atoms with van der Waals surface area (Å²) in [6.07, 6.45) is -0.435. The van der Waals surface area contributed by atoms with Crippen molar-refractivity contribution in [1.29, 1.82) is 0 Å². The Kier molecular flexibility index (Phi) is 8.14. The Bertz CT molecular complexity index is 1370. The van der Waals surface area contributed by atoms with Gasteiger partial charge in [-0.2, -0.15) is 0 Å². The molecule has 10 nitrogen and oxygen atoms in total. The molecule has 1 saturated heterocycles. The van der Waals surface area contributed by atoms with Gasteiger partial charge in [0.15, 0.2) is 0 Å². The maximum absolute atomic E-state index is 14.4. The van der Waals surface area contributed by atoms with Crippen LogP contribution in [0.4, 0.5) is 5.69 Å². The van der Waals surface area contributed by atoms with Gasteiger partial charge in [0.05, 0.1) is 47.6 Å². The highest BCUT2D eigenvalue weighted by Gasteiger charge is 2.49. The SMILES string of the molecule is CO[C@H](CN1C(C)=C(C(=O)O)[C@H](c2cccc([N+](=O)[O-])c2)C(P2(=O)OCC(C)(C)CO2)=C1C)c1ccccc1. The van der Waals surface area contributed by atoms with Crippen LogP contribution in [0.15, 0.2) is 76.9 Å². The van der Waals surface area contributed by atoms with Gasteiger partial charge in [0, 0.05) is 36.1 Å². The molecule has 2 aromatic carbocycles. The van der Waals surface area contributed by atoms with Crippen LogP contribution in [0.5, 0.6) is 0 Å². The Morgan fingerprint density at radius 1 is 1.15 bits per heavy atom. The number of nitro groups is 1. The Hall–Kier alpha value is -3.30. The molecule has 2 heterocycles. The average molecular weight is 557 g/mol. The van der Waals surface area contributed by atoms with Gasteiger partial charge in [0.2, 0.25) is 0 Å². The summed E-state index contributed by atoms with van der Waals surface area (Å²) in [5, 5.41) is 22.2. The summed E-state index contributed by atoms with van der Waals surface area (Å²) in [7, 11) is -2.45. The van der Waals surface area contributed by atoms with Crippen molar-refractivity contribution in [1.82, 2.24) is 4.90 Å². The van der Waals surface area contributed by atoms with Crippen molar-refractivity contribution in [2.24, 2.45) is 5.41 Å². The van der Waals surface area contributed by atoms with Gasteiger partial charge in [-0.3, -0.25) is 14.7 Å². The average Bonchev–Trinajstić information content (AvgIpc) is 2.90. The van der Waals surface area contributed by atoms with E-state index in [0.717, 1.165) is 5.56 Å². The van der Waals surface area contributed by atoms with Crippen LogP contribution in [0, 0.1) is 15.5 Å². The predicted octanol–water partition coefficient (Wildman–Crippen LogP) is 6.24. The monoisotopic (exact) mass is 556 g/mol. The van der Waals surface area contributed by atoms with Gasteiger partial charge in [-0.05, 0) is 25.0 Å². The number of aliphatic carboxylic acids is 1. The summed E-state index contributed by atoms with van der Waals surface area (Å²) < 4.78 is 32.0. The lowest BCUT2D eigenvalue weighted by Gasteiger charge is -2.43. The number of nitro benzene ring substituents is 1. The highest BCUT2D eigenvalue weighted by Crippen LogP contribution is 2.67. The van der Waals surface area contributed by atoms with Crippen molar-refractivity contribution < 1.29 is 33.2 Å². The largest absolute Gasteiger partial charge is 0.478 e. The highest BCUT2D eigenvalue weighted by molar-refractivity contribution is 7.58. The van der Waals surface area contributed by atoms with Crippen molar-refractivity contribution in [3.63, 3.8) is 0 Å². The van der Waals surface area contributed by atoms with Gasteiger partial charge in [-0.15, -0.1) is 0 Å². The molecule has 11 heteroatoms. The molecule has 1 fully saturated rings. The molecule has 2 atom stereocenters. The fraction of sp³-hybridized carbons (Fsp3) is 0.393. The first-order valence-corrected chi connectivity index (χ1v) is 14.1. The number of non-ortho nitro benzene ring substituents is 1. The number of carbonyl (C=O) groups is 1. The number of benzene rings is 2. The second-order valence-electron chi connectivity index (χ2n) is 10.5. The van der Waals surface area contributed by atoms with Gasteiger partial charge in [0.25, 0.3) is 5.69 Å². The standard InChI is InChI=1S/C28H33N2O8P/c1-18-24(27(31)32)25(21-12-9-13-22(14-21)30(33)34)26(39(35)37-16-28(3,4)17-38-39)19(2)29(18)15-23(36-5)20-10-7-6-8-11-20/h6-14,23,25H,15-17H2,1-5H3,(H,31,32)/t23-,25+/m1/s1. The summed E-state index contributed by atoms with van der Waals surface area (Å²) >= 11 is 0. The molecule has 0 bridgehead atoms. The molecule has 2 aromatic rings. The molecule has 2 aliphatic heterocycles. The van der Waals surface area contributed by atoms with Gasteiger partial charge >= 0.3 is 13.6 Å². The van der Waals surface area contributed by atoms with E-state index in [4.69, 9.17) is 13.8 Å². The first-order chi connectivity index (χ1) is 18.4. The van der Waals surface area contributed by atoms with Crippen LogP contribution in [0.1, 0.15) is 50.8 Å². The third-order valence-electron chi connectivity index (χ3n) is 7.13. The third kappa shape index (κ3) is 5.70. The zero-order valence-corrected chi connectivity index (χ0v) is 23.5. The number of nitrogens with zero attached hydrogens (tertiary/aromatic N) is 2. The number of rotatable bonds is 8. The zero-order valence-electron chi connectivity index (χ0n) is 22.6. The summed E-state index contributed by atoms with van der Waals surface area (Å²) in [5.41, 5.74) is 1.44. The van der Waals surface area contributed by atoms with E-state index in [1.165, 1.54) is 18.2 Å². The number of carboxylic acids is 1. The van der Waals surface area contributed by atoms with E-state index < -0.39 is 35.9 Å². The summed E-state index contributed by atoms with van der Waals surface area (Å²) in [4.78, 5) is 25.6. The Morgan fingerprint density at radius 3 is 2.36 bits per heavy atom. The topological polar surface area (TPSA) is 128 Å². The maximum atomic E-state index is 14.4. The molecule has 0 aliphatic carbocycles. The molecule has 208 valence electrons. The first-order valence-electron chi connectivity index (χ1n) is 12.5. The molecule has 1 N–H and O–H groups in total. The van der Waals surface area contributed by atoms with Crippen LogP contribution in [0.25, 0.3) is 0 Å². The van der Waals surface area contributed by atoms with E-state index in [9.17, 15) is 24.6 Å². The molecule has 0 aromatic heterocycles. The number of allylic oxidation sites excluding steroid dienone is 3. The molecule has 0 spiro atoms. The lowest BCUT2D eigenvalue weighted by Crippen LogP contribution is -2.37. The van der Waals surface area contributed by atoms with E-state index in [1.807, 2.05) is 44.2 Å². The van der Waals surface area contributed by atoms with E-state index in [-0.39, 0.29) is 36.3 Å². The Balaban J connectivity index is 1.92. The minimum absolute atomic E-state index is 0.0636. The number of methoxy groups -OCH3 is 1. The molecule has 0 radical (unpaired) electrons. The Labute approximate surface area is 227 Å². The van der Waals surface area contributed by atoms with Crippen molar-refractivity contribution in [2.45, 2.75) is 39.7 Å². The van der Waals surface area contributed by atoms with Crippen LogP contribution in [0.2, 0.25) is 0 Å². The third-order valence-corrected chi connectivity index (χ3v) is 9.24. The lowest BCUT2D eigenvalue weighted by molar-refractivity contribution is -0.384. The van der Waals surface area contributed by atoms with Gasteiger partial charge in [-0.1, -0.05) is 56.3 Å². The lowest BCUT2D eigenvalue weighted by atomic mass is 9.85. The van der Waals surface area contributed by atoms with Crippen molar-refractivity contribution >= 4 is 19.3 Å². The molecular weight excluding hydrogens is 523 g/mol. The maximum Gasteiger partial charge on any atom is 0.360 e. The van der Waals surface area contributed by atoms with Gasteiger partial charge < -0.3 is 23.8 Å².